The summed E-state index contributed by atoms with van der Waals surface area (Å²) in [6.45, 7) is 3.64. The van der Waals surface area contributed by atoms with E-state index in [2.05, 4.69) is 11.8 Å². The van der Waals surface area contributed by atoms with Gasteiger partial charge in [-0.15, -0.1) is 0 Å². The zero-order valence-corrected chi connectivity index (χ0v) is 11.8. The summed E-state index contributed by atoms with van der Waals surface area (Å²) in [6, 6.07) is 8.36. The zero-order chi connectivity index (χ0) is 13.7. The van der Waals surface area contributed by atoms with Gasteiger partial charge in [0.2, 0.25) is 0 Å². The number of hydrogen-bond acceptors (Lipinski definition) is 2. The van der Waals surface area contributed by atoms with Crippen LogP contribution in [0.2, 0.25) is 0 Å². The number of rotatable bonds is 7. The van der Waals surface area contributed by atoms with Gasteiger partial charge >= 0.3 is 0 Å². The average Bonchev–Trinajstić information content (AvgIpc) is 3.24. The lowest BCUT2D eigenvalue weighted by Gasteiger charge is -2.23. The van der Waals surface area contributed by atoms with Gasteiger partial charge in [0.15, 0.2) is 0 Å². The van der Waals surface area contributed by atoms with E-state index in [0.717, 1.165) is 49.8 Å². The molecular weight excluding hydrogens is 236 g/mol. The van der Waals surface area contributed by atoms with Crippen LogP contribution >= 0.6 is 0 Å². The summed E-state index contributed by atoms with van der Waals surface area (Å²) in [5.74, 6) is 0.194. The molecule has 2 rings (SSSR count). The maximum absolute atomic E-state index is 12.7. The van der Waals surface area contributed by atoms with Gasteiger partial charge in [-0.25, -0.2) is 0 Å². The lowest BCUT2D eigenvalue weighted by atomic mass is 10.0. The van der Waals surface area contributed by atoms with Crippen LogP contribution in [0.3, 0.4) is 0 Å². The second-order valence-electron chi connectivity index (χ2n) is 5.28. The van der Waals surface area contributed by atoms with E-state index in [1.807, 2.05) is 24.3 Å². The molecule has 19 heavy (non-hydrogen) atoms. The highest BCUT2D eigenvalue weighted by Crippen LogP contribution is 2.29. The lowest BCUT2D eigenvalue weighted by molar-refractivity contribution is 0.0739. The Labute approximate surface area is 115 Å². The van der Waals surface area contributed by atoms with Gasteiger partial charge in [0.25, 0.3) is 5.91 Å². The Balaban J connectivity index is 2.16. The molecule has 0 saturated heterocycles. The van der Waals surface area contributed by atoms with Gasteiger partial charge in [0.1, 0.15) is 0 Å². The molecule has 1 aromatic rings. The summed E-state index contributed by atoms with van der Waals surface area (Å²) in [5.41, 5.74) is 7.56. The van der Waals surface area contributed by atoms with E-state index in [-0.39, 0.29) is 5.91 Å². The van der Waals surface area contributed by atoms with Gasteiger partial charge < -0.3 is 10.6 Å². The van der Waals surface area contributed by atoms with E-state index in [1.54, 1.807) is 0 Å². The number of nitrogens with two attached hydrogens (primary N) is 1. The van der Waals surface area contributed by atoms with Gasteiger partial charge in [-0.1, -0.05) is 31.5 Å². The van der Waals surface area contributed by atoms with Crippen LogP contribution in [-0.2, 0) is 6.42 Å². The summed E-state index contributed by atoms with van der Waals surface area (Å²) in [4.78, 5) is 14.8. The quantitative estimate of drug-likeness (QED) is 0.819. The van der Waals surface area contributed by atoms with E-state index >= 15 is 0 Å². The summed E-state index contributed by atoms with van der Waals surface area (Å²) >= 11 is 0. The first-order chi connectivity index (χ1) is 9.27. The first-order valence-electron chi connectivity index (χ1n) is 7.36. The number of amides is 1. The third-order valence-corrected chi connectivity index (χ3v) is 3.66. The van der Waals surface area contributed by atoms with Crippen LogP contribution in [0.25, 0.3) is 0 Å². The Morgan fingerprint density at radius 1 is 1.37 bits per heavy atom. The number of hydrogen-bond donors (Lipinski definition) is 1. The van der Waals surface area contributed by atoms with E-state index < -0.39 is 0 Å². The van der Waals surface area contributed by atoms with Crippen molar-refractivity contribution in [2.45, 2.75) is 45.1 Å². The maximum Gasteiger partial charge on any atom is 0.254 e. The number of unbranched alkanes of at least 4 members (excludes halogenated alkanes) is 1. The van der Waals surface area contributed by atoms with Gasteiger partial charge in [-0.3, -0.25) is 4.79 Å². The van der Waals surface area contributed by atoms with Gasteiger partial charge in [0.05, 0.1) is 0 Å². The van der Waals surface area contributed by atoms with Gasteiger partial charge in [-0.2, -0.15) is 0 Å². The third-order valence-electron chi connectivity index (χ3n) is 3.66. The number of benzene rings is 1. The summed E-state index contributed by atoms with van der Waals surface area (Å²) in [6.07, 6.45) is 5.31. The van der Waals surface area contributed by atoms with Gasteiger partial charge in [0, 0.05) is 18.2 Å². The molecule has 2 N–H and O–H groups in total. The van der Waals surface area contributed by atoms with Crippen molar-refractivity contribution in [3.63, 3.8) is 0 Å². The molecule has 1 fully saturated rings. The van der Waals surface area contributed by atoms with Crippen LogP contribution in [0.5, 0.6) is 0 Å². The minimum atomic E-state index is 0.194. The topological polar surface area (TPSA) is 46.3 Å². The molecule has 0 aromatic heterocycles. The number of carbonyl (C=O) groups excluding carboxylic acids is 1. The highest BCUT2D eigenvalue weighted by atomic mass is 16.2. The smallest absolute Gasteiger partial charge is 0.254 e. The first-order valence-corrected chi connectivity index (χ1v) is 7.36. The van der Waals surface area contributed by atoms with Crippen molar-refractivity contribution in [2.75, 3.05) is 13.1 Å². The van der Waals surface area contributed by atoms with E-state index in [4.69, 9.17) is 5.73 Å². The van der Waals surface area contributed by atoms with Crippen LogP contribution in [0.15, 0.2) is 24.3 Å². The minimum absolute atomic E-state index is 0.194. The molecule has 1 amide bonds. The minimum Gasteiger partial charge on any atom is -0.336 e. The summed E-state index contributed by atoms with van der Waals surface area (Å²) < 4.78 is 0. The van der Waals surface area contributed by atoms with Crippen LogP contribution in [0.1, 0.15) is 48.5 Å². The Morgan fingerprint density at radius 3 is 2.74 bits per heavy atom. The third kappa shape index (κ3) is 3.57. The van der Waals surface area contributed by atoms with Crippen LogP contribution in [0.4, 0.5) is 0 Å². The molecule has 1 saturated carbocycles. The molecule has 0 aliphatic heterocycles. The monoisotopic (exact) mass is 260 g/mol. The average molecular weight is 260 g/mol. The van der Waals surface area contributed by atoms with Crippen molar-refractivity contribution >= 4 is 5.91 Å². The molecular formula is C16H24N2O. The van der Waals surface area contributed by atoms with Crippen LogP contribution in [-0.4, -0.2) is 29.9 Å². The molecule has 0 radical (unpaired) electrons. The molecule has 0 atom stereocenters. The SMILES string of the molecule is CCCCN(C(=O)c1ccccc1CCN)C1CC1. The maximum atomic E-state index is 12.7. The van der Waals surface area contributed by atoms with Crippen molar-refractivity contribution in [3.8, 4) is 0 Å². The van der Waals surface area contributed by atoms with Crippen molar-refractivity contribution in [3.05, 3.63) is 35.4 Å². The lowest BCUT2D eigenvalue weighted by Crippen LogP contribution is -2.34. The van der Waals surface area contributed by atoms with Gasteiger partial charge in [-0.05, 0) is 43.9 Å². The Kier molecular flexibility index (Phi) is 4.97. The number of carbonyl (C=O) groups is 1. The molecule has 3 nitrogen and oxygen atoms in total. The van der Waals surface area contributed by atoms with Crippen molar-refractivity contribution < 1.29 is 4.79 Å². The normalized spacial score (nSPS) is 14.4. The fourth-order valence-corrected chi connectivity index (χ4v) is 2.42. The second kappa shape index (κ2) is 6.71. The van der Waals surface area contributed by atoms with Crippen LogP contribution in [0, 0.1) is 0 Å². The van der Waals surface area contributed by atoms with E-state index in [0.29, 0.717) is 12.6 Å². The summed E-state index contributed by atoms with van der Waals surface area (Å²) in [7, 11) is 0. The first kappa shape index (κ1) is 14.1. The fraction of sp³-hybridized carbons (Fsp3) is 0.562. The molecule has 0 spiro atoms. The standard InChI is InChI=1S/C16H24N2O/c1-2-3-12-18(14-8-9-14)16(19)15-7-5-4-6-13(15)10-11-17/h4-7,14H,2-3,8-12,17H2,1H3. The predicted molar refractivity (Wildman–Crippen MR) is 78.2 cm³/mol. The molecule has 1 aliphatic carbocycles. The molecule has 0 bridgehead atoms. The van der Waals surface area contributed by atoms with E-state index in [9.17, 15) is 4.79 Å². The highest BCUT2D eigenvalue weighted by molar-refractivity contribution is 5.96. The van der Waals surface area contributed by atoms with Crippen LogP contribution < -0.4 is 5.73 Å². The van der Waals surface area contributed by atoms with Crippen molar-refractivity contribution in [2.24, 2.45) is 5.73 Å². The Bertz CT molecular complexity index is 427. The fourth-order valence-electron chi connectivity index (χ4n) is 2.42. The highest BCUT2D eigenvalue weighted by Gasteiger charge is 2.33. The summed E-state index contributed by atoms with van der Waals surface area (Å²) in [5, 5.41) is 0. The molecule has 0 unspecified atom stereocenters. The van der Waals surface area contributed by atoms with Crippen molar-refractivity contribution in [1.29, 1.82) is 0 Å². The second-order valence-corrected chi connectivity index (χ2v) is 5.28. The molecule has 104 valence electrons. The Morgan fingerprint density at radius 2 is 2.11 bits per heavy atom. The number of nitrogens with zero attached hydrogens (tertiary/aromatic N) is 1. The largest absolute Gasteiger partial charge is 0.336 e. The zero-order valence-electron chi connectivity index (χ0n) is 11.8. The van der Waals surface area contributed by atoms with Crippen molar-refractivity contribution in [1.82, 2.24) is 4.90 Å². The Hall–Kier alpha value is -1.35. The van der Waals surface area contributed by atoms with E-state index in [1.165, 1.54) is 0 Å². The molecule has 0 heterocycles. The molecule has 3 heteroatoms. The molecule has 1 aromatic carbocycles. The molecule has 1 aliphatic rings. The predicted octanol–water partition coefficient (Wildman–Crippen LogP) is 2.59.